The van der Waals surface area contributed by atoms with Crippen LogP contribution >= 0.6 is 11.8 Å². The number of carbonyl (C=O) groups excluding carboxylic acids is 1. The molecule has 0 aromatic carbocycles. The Hall–Kier alpha value is -0.910. The number of nitrogens with one attached hydrogen (secondary N) is 1. The van der Waals surface area contributed by atoms with Gasteiger partial charge in [0.1, 0.15) is 6.04 Å². The number of carboxylic acids is 1. The summed E-state index contributed by atoms with van der Waals surface area (Å²) in [6.07, 6.45) is 0. The van der Waals surface area contributed by atoms with Crippen molar-refractivity contribution in [3.63, 3.8) is 0 Å². The number of nitrogens with zero attached hydrogens (tertiary/aromatic N) is 1. The number of carbonyl (C=O) groups is 2. The average Bonchev–Trinajstić information content (AvgIpc) is 2.43. The second-order valence-electron chi connectivity index (χ2n) is 4.87. The van der Waals surface area contributed by atoms with E-state index in [1.54, 1.807) is 0 Å². The summed E-state index contributed by atoms with van der Waals surface area (Å²) in [6, 6.07) is -1.03. The maximum absolute atomic E-state index is 11.9. The van der Waals surface area contributed by atoms with Gasteiger partial charge in [-0.1, -0.05) is 0 Å². The first-order valence-electron chi connectivity index (χ1n) is 5.17. The maximum Gasteiger partial charge on any atom is 0.327 e. The van der Waals surface area contributed by atoms with Crippen LogP contribution in [0.3, 0.4) is 0 Å². The van der Waals surface area contributed by atoms with Crippen LogP contribution in [0.25, 0.3) is 0 Å². The highest BCUT2D eigenvalue weighted by Gasteiger charge is 2.40. The van der Waals surface area contributed by atoms with Crippen LogP contribution in [0.15, 0.2) is 0 Å². The summed E-state index contributed by atoms with van der Waals surface area (Å²) in [6.45, 7) is 7.45. The lowest BCUT2D eigenvalue weighted by molar-refractivity contribution is -0.141. The fourth-order valence-corrected chi connectivity index (χ4v) is 2.69. The van der Waals surface area contributed by atoms with Crippen LogP contribution in [0, 0.1) is 0 Å². The number of thioether (sulfide) groups is 1. The smallest absolute Gasteiger partial charge is 0.327 e. The monoisotopic (exact) mass is 246 g/mol. The molecular weight excluding hydrogens is 228 g/mol. The molecule has 0 aliphatic carbocycles. The lowest BCUT2D eigenvalue weighted by Gasteiger charge is -2.30. The molecule has 2 unspecified atom stereocenters. The van der Waals surface area contributed by atoms with Crippen LogP contribution in [0.5, 0.6) is 0 Å². The summed E-state index contributed by atoms with van der Waals surface area (Å²) in [5.74, 6) is -0.491. The standard InChI is InChI=1S/C10H18N2O3S/c1-6-12(7(5-16-6)8(13)14)9(15)11-10(2,3)4/h6-7H,5H2,1-4H3,(H,11,15)(H,13,14). The van der Waals surface area contributed by atoms with Gasteiger partial charge in [-0.3, -0.25) is 4.90 Å². The van der Waals surface area contributed by atoms with Crippen LogP contribution in [-0.2, 0) is 4.79 Å². The van der Waals surface area contributed by atoms with Crippen molar-refractivity contribution in [2.75, 3.05) is 5.75 Å². The maximum atomic E-state index is 11.9. The van der Waals surface area contributed by atoms with Gasteiger partial charge in [-0.25, -0.2) is 9.59 Å². The van der Waals surface area contributed by atoms with E-state index in [1.807, 2.05) is 27.7 Å². The van der Waals surface area contributed by atoms with Gasteiger partial charge in [-0.15, -0.1) is 11.8 Å². The first-order valence-corrected chi connectivity index (χ1v) is 6.22. The number of amides is 2. The van der Waals surface area contributed by atoms with E-state index < -0.39 is 12.0 Å². The average molecular weight is 246 g/mol. The molecular formula is C10H18N2O3S. The molecule has 0 saturated carbocycles. The number of hydrogen-bond acceptors (Lipinski definition) is 3. The molecule has 1 saturated heterocycles. The highest BCUT2D eigenvalue weighted by atomic mass is 32.2. The molecule has 0 aromatic rings. The molecule has 6 heteroatoms. The van der Waals surface area contributed by atoms with Crippen LogP contribution in [0.2, 0.25) is 0 Å². The number of hydrogen-bond donors (Lipinski definition) is 2. The molecule has 5 nitrogen and oxygen atoms in total. The Labute approximate surface area is 99.6 Å². The molecule has 0 aromatic heterocycles. The molecule has 1 aliphatic rings. The van der Waals surface area contributed by atoms with Crippen molar-refractivity contribution in [2.45, 2.75) is 44.6 Å². The quantitative estimate of drug-likeness (QED) is 0.732. The van der Waals surface area contributed by atoms with Crippen molar-refractivity contribution < 1.29 is 14.7 Å². The largest absolute Gasteiger partial charge is 0.480 e. The van der Waals surface area contributed by atoms with Crippen molar-refractivity contribution in [3.05, 3.63) is 0 Å². The number of urea groups is 1. The van der Waals surface area contributed by atoms with Gasteiger partial charge in [0, 0.05) is 11.3 Å². The summed E-state index contributed by atoms with van der Waals surface area (Å²) < 4.78 is 0. The van der Waals surface area contributed by atoms with Crippen molar-refractivity contribution in [1.82, 2.24) is 10.2 Å². The molecule has 2 amide bonds. The van der Waals surface area contributed by atoms with E-state index in [0.29, 0.717) is 5.75 Å². The van der Waals surface area contributed by atoms with E-state index in [2.05, 4.69) is 5.32 Å². The second-order valence-corrected chi connectivity index (χ2v) is 6.22. The van der Waals surface area contributed by atoms with Crippen molar-refractivity contribution >= 4 is 23.8 Å². The summed E-state index contributed by atoms with van der Waals surface area (Å²) >= 11 is 1.48. The van der Waals surface area contributed by atoms with E-state index in [4.69, 9.17) is 5.11 Å². The normalized spacial score (nSPS) is 25.6. The van der Waals surface area contributed by atoms with Crippen LogP contribution < -0.4 is 5.32 Å². The van der Waals surface area contributed by atoms with E-state index in [9.17, 15) is 9.59 Å². The SMILES string of the molecule is CC1SCC(C(=O)O)N1C(=O)NC(C)(C)C. The number of rotatable bonds is 1. The molecule has 1 rings (SSSR count). The Morgan fingerprint density at radius 2 is 2.00 bits per heavy atom. The van der Waals surface area contributed by atoms with Gasteiger partial charge < -0.3 is 10.4 Å². The lowest BCUT2D eigenvalue weighted by Crippen LogP contribution is -2.54. The fraction of sp³-hybridized carbons (Fsp3) is 0.800. The zero-order valence-corrected chi connectivity index (χ0v) is 10.8. The molecule has 0 radical (unpaired) electrons. The van der Waals surface area contributed by atoms with Gasteiger partial charge in [0.05, 0.1) is 5.37 Å². The lowest BCUT2D eigenvalue weighted by atomic mass is 10.1. The highest BCUT2D eigenvalue weighted by molar-refractivity contribution is 8.00. The Morgan fingerprint density at radius 1 is 1.44 bits per heavy atom. The van der Waals surface area contributed by atoms with Gasteiger partial charge in [0.15, 0.2) is 0 Å². The Morgan fingerprint density at radius 3 is 2.44 bits per heavy atom. The molecule has 1 aliphatic heterocycles. The molecule has 16 heavy (non-hydrogen) atoms. The predicted molar refractivity (Wildman–Crippen MR) is 63.5 cm³/mol. The van der Waals surface area contributed by atoms with Gasteiger partial charge in [-0.05, 0) is 27.7 Å². The van der Waals surface area contributed by atoms with Crippen LogP contribution in [-0.4, -0.2) is 44.7 Å². The van der Waals surface area contributed by atoms with Crippen molar-refractivity contribution in [2.24, 2.45) is 0 Å². The molecule has 1 heterocycles. The highest BCUT2D eigenvalue weighted by Crippen LogP contribution is 2.28. The summed E-state index contributed by atoms with van der Waals surface area (Å²) in [7, 11) is 0. The molecule has 1 fully saturated rings. The second kappa shape index (κ2) is 4.53. The van der Waals surface area contributed by atoms with Crippen LogP contribution in [0.4, 0.5) is 4.79 Å². The summed E-state index contributed by atoms with van der Waals surface area (Å²) in [5.41, 5.74) is -0.354. The molecule has 0 spiro atoms. The van der Waals surface area contributed by atoms with Crippen LogP contribution in [0.1, 0.15) is 27.7 Å². The van der Waals surface area contributed by atoms with Crippen molar-refractivity contribution in [3.8, 4) is 0 Å². The Bertz CT molecular complexity index is 301. The topological polar surface area (TPSA) is 69.6 Å². The summed E-state index contributed by atoms with van der Waals surface area (Å²) in [5, 5.41) is 11.7. The molecule has 0 bridgehead atoms. The van der Waals surface area contributed by atoms with Gasteiger partial charge in [0.25, 0.3) is 0 Å². The fourth-order valence-electron chi connectivity index (χ4n) is 1.53. The van der Waals surface area contributed by atoms with E-state index in [-0.39, 0.29) is 16.9 Å². The third-order valence-electron chi connectivity index (χ3n) is 2.22. The number of aliphatic carboxylic acids is 1. The van der Waals surface area contributed by atoms with E-state index in [1.165, 1.54) is 16.7 Å². The van der Waals surface area contributed by atoms with Gasteiger partial charge >= 0.3 is 12.0 Å². The third kappa shape index (κ3) is 3.04. The molecule has 92 valence electrons. The van der Waals surface area contributed by atoms with E-state index in [0.717, 1.165) is 0 Å². The first kappa shape index (κ1) is 13.2. The number of carboxylic acid groups (broad SMARTS) is 1. The minimum Gasteiger partial charge on any atom is -0.480 e. The molecule has 2 N–H and O–H groups in total. The van der Waals surface area contributed by atoms with Gasteiger partial charge in [-0.2, -0.15) is 0 Å². The predicted octanol–water partition coefficient (Wildman–Crippen LogP) is 1.34. The van der Waals surface area contributed by atoms with Crippen molar-refractivity contribution in [1.29, 1.82) is 0 Å². The zero-order valence-electron chi connectivity index (χ0n) is 9.98. The Balaban J connectivity index is 2.76. The molecule has 2 atom stereocenters. The van der Waals surface area contributed by atoms with E-state index >= 15 is 0 Å². The Kier molecular flexibility index (Phi) is 3.72. The summed E-state index contributed by atoms with van der Waals surface area (Å²) in [4.78, 5) is 24.3. The first-order chi connectivity index (χ1) is 7.22. The minimum absolute atomic E-state index is 0.0940. The third-order valence-corrected chi connectivity index (χ3v) is 3.44. The minimum atomic E-state index is -0.944. The van der Waals surface area contributed by atoms with Gasteiger partial charge in [0.2, 0.25) is 0 Å². The zero-order chi connectivity index (χ0) is 12.5.